The van der Waals surface area contributed by atoms with E-state index in [2.05, 4.69) is 31.7 Å². The summed E-state index contributed by atoms with van der Waals surface area (Å²) in [6, 6.07) is 7.25. The van der Waals surface area contributed by atoms with Crippen molar-refractivity contribution in [3.05, 3.63) is 45.6 Å². The minimum Gasteiger partial charge on any atom is -0.355 e. The molecule has 25 heavy (non-hydrogen) atoms. The normalized spacial score (nSPS) is 12.7. The average molecular weight is 423 g/mol. The van der Waals surface area contributed by atoms with Crippen LogP contribution in [-0.2, 0) is 22.8 Å². The number of fused-ring (bicyclic) bond motifs is 1. The van der Waals surface area contributed by atoms with E-state index in [4.69, 9.17) is 0 Å². The average Bonchev–Trinajstić information content (AvgIpc) is 3.16. The molecule has 2 heterocycles. The van der Waals surface area contributed by atoms with E-state index >= 15 is 0 Å². The highest BCUT2D eigenvalue weighted by Crippen LogP contribution is 2.35. The summed E-state index contributed by atoms with van der Waals surface area (Å²) in [6.45, 7) is 2.74. The topological polar surface area (TPSA) is 76.0 Å². The Hall–Kier alpha value is -1.80. The Kier molecular flexibility index (Phi) is 5.80. The highest BCUT2D eigenvalue weighted by molar-refractivity contribution is 9.10. The van der Waals surface area contributed by atoms with Crippen LogP contribution in [0.15, 0.2) is 28.7 Å². The Morgan fingerprint density at radius 1 is 1.32 bits per heavy atom. The van der Waals surface area contributed by atoms with Crippen LogP contribution in [0.3, 0.4) is 0 Å². The monoisotopic (exact) mass is 422 g/mol. The molecule has 0 radical (unpaired) electrons. The summed E-state index contributed by atoms with van der Waals surface area (Å²) in [7, 11) is 0. The van der Waals surface area contributed by atoms with Crippen LogP contribution < -0.4 is 10.6 Å². The summed E-state index contributed by atoms with van der Waals surface area (Å²) in [5, 5.41) is 10.3. The fourth-order valence-corrected chi connectivity index (χ4v) is 4.10. The third kappa shape index (κ3) is 4.07. The molecule has 0 bridgehead atoms. The summed E-state index contributed by atoms with van der Waals surface area (Å²) >= 11 is 5.15. The first-order chi connectivity index (χ1) is 12.1. The van der Waals surface area contributed by atoms with E-state index in [-0.39, 0.29) is 18.4 Å². The van der Waals surface area contributed by atoms with Crippen molar-refractivity contribution in [1.29, 1.82) is 0 Å². The van der Waals surface area contributed by atoms with Crippen LogP contribution in [0, 0.1) is 0 Å². The van der Waals surface area contributed by atoms with Gasteiger partial charge in [0, 0.05) is 28.1 Å². The molecule has 6 nitrogen and oxygen atoms in total. The number of nitrogens with one attached hydrogen (secondary N) is 2. The Labute approximate surface area is 158 Å². The van der Waals surface area contributed by atoms with Crippen molar-refractivity contribution in [2.45, 2.75) is 31.4 Å². The predicted molar refractivity (Wildman–Crippen MR) is 103 cm³/mol. The summed E-state index contributed by atoms with van der Waals surface area (Å²) in [4.78, 5) is 24.7. The van der Waals surface area contributed by atoms with Gasteiger partial charge >= 0.3 is 0 Å². The lowest BCUT2D eigenvalue weighted by atomic mass is 10.2. The van der Waals surface area contributed by atoms with Gasteiger partial charge in [0.25, 0.3) is 5.91 Å². The van der Waals surface area contributed by atoms with Crippen molar-refractivity contribution in [3.63, 3.8) is 0 Å². The zero-order valence-corrected chi connectivity index (χ0v) is 16.2. The maximum absolute atomic E-state index is 12.7. The zero-order valence-electron chi connectivity index (χ0n) is 13.8. The first kappa shape index (κ1) is 18.0. The number of anilines is 1. The fraction of sp³-hybridized carbons (Fsp3) is 0.353. The van der Waals surface area contributed by atoms with E-state index in [0.717, 1.165) is 33.7 Å². The van der Waals surface area contributed by atoms with Crippen LogP contribution in [0.4, 0.5) is 5.82 Å². The Balaban J connectivity index is 1.83. The van der Waals surface area contributed by atoms with Gasteiger partial charge in [-0.2, -0.15) is 16.9 Å². The van der Waals surface area contributed by atoms with Gasteiger partial charge in [0.15, 0.2) is 0 Å². The maximum atomic E-state index is 12.7. The third-order valence-corrected chi connectivity index (χ3v) is 5.50. The predicted octanol–water partition coefficient (Wildman–Crippen LogP) is 3.17. The molecule has 8 heteroatoms. The standard InChI is InChI=1S/C17H19BrN4O2S/c1-2-7-19-15(23)8-22-16(12-9-25-10-14(12)21-22)20-17(24)11-5-3-4-6-13(11)18/h3-6H,2,7-10H2,1H3,(H,19,23)(H,20,24). The van der Waals surface area contributed by atoms with Crippen molar-refractivity contribution < 1.29 is 9.59 Å². The number of nitrogens with zero attached hydrogens (tertiary/aromatic N) is 2. The Morgan fingerprint density at radius 2 is 2.12 bits per heavy atom. The molecule has 1 aromatic heterocycles. The smallest absolute Gasteiger partial charge is 0.257 e. The Morgan fingerprint density at radius 3 is 2.88 bits per heavy atom. The fourth-order valence-electron chi connectivity index (χ4n) is 2.60. The first-order valence-corrected chi connectivity index (χ1v) is 10.0. The van der Waals surface area contributed by atoms with E-state index < -0.39 is 0 Å². The number of thioether (sulfide) groups is 1. The van der Waals surface area contributed by atoms with Crippen LogP contribution in [0.25, 0.3) is 0 Å². The highest BCUT2D eigenvalue weighted by atomic mass is 79.9. The van der Waals surface area contributed by atoms with E-state index in [1.165, 1.54) is 0 Å². The van der Waals surface area contributed by atoms with Gasteiger partial charge in [-0.3, -0.25) is 9.59 Å². The SMILES string of the molecule is CCCNC(=O)Cn1nc2c(c1NC(=O)c1ccccc1Br)CSC2. The molecule has 0 fully saturated rings. The van der Waals surface area contributed by atoms with Gasteiger partial charge in [-0.25, -0.2) is 4.68 Å². The molecule has 0 unspecified atom stereocenters. The van der Waals surface area contributed by atoms with Gasteiger partial charge in [-0.05, 0) is 34.5 Å². The molecular weight excluding hydrogens is 404 g/mol. The summed E-state index contributed by atoms with van der Waals surface area (Å²) in [5.74, 6) is 1.88. The summed E-state index contributed by atoms with van der Waals surface area (Å²) in [5.41, 5.74) is 2.49. The zero-order chi connectivity index (χ0) is 17.8. The molecule has 1 aliphatic heterocycles. The lowest BCUT2D eigenvalue weighted by Crippen LogP contribution is -2.29. The van der Waals surface area contributed by atoms with Gasteiger partial charge < -0.3 is 10.6 Å². The number of carbonyl (C=O) groups excluding carboxylic acids is 2. The number of aromatic nitrogens is 2. The van der Waals surface area contributed by atoms with Crippen LogP contribution in [0.2, 0.25) is 0 Å². The number of amides is 2. The van der Waals surface area contributed by atoms with Gasteiger partial charge in [-0.1, -0.05) is 19.1 Å². The van der Waals surface area contributed by atoms with Gasteiger partial charge in [0.2, 0.25) is 5.91 Å². The van der Waals surface area contributed by atoms with Crippen molar-refractivity contribution in [3.8, 4) is 0 Å². The second-order valence-corrected chi connectivity index (χ2v) is 7.55. The van der Waals surface area contributed by atoms with E-state index in [9.17, 15) is 9.59 Å². The Bertz CT molecular complexity index is 806. The molecule has 3 rings (SSSR count). The third-order valence-electron chi connectivity index (χ3n) is 3.83. The molecule has 0 atom stereocenters. The summed E-state index contributed by atoms with van der Waals surface area (Å²) in [6.07, 6.45) is 0.879. The molecular formula is C17H19BrN4O2S. The minimum atomic E-state index is -0.220. The molecule has 1 aliphatic rings. The van der Waals surface area contributed by atoms with Crippen molar-refractivity contribution in [1.82, 2.24) is 15.1 Å². The largest absolute Gasteiger partial charge is 0.355 e. The van der Waals surface area contributed by atoms with E-state index in [1.807, 2.05) is 25.1 Å². The second-order valence-electron chi connectivity index (χ2n) is 5.71. The van der Waals surface area contributed by atoms with Gasteiger partial charge in [0.05, 0.1) is 11.3 Å². The number of carbonyl (C=O) groups is 2. The second kappa shape index (κ2) is 8.05. The van der Waals surface area contributed by atoms with Gasteiger partial charge in [0.1, 0.15) is 12.4 Å². The molecule has 132 valence electrons. The maximum Gasteiger partial charge on any atom is 0.257 e. The summed E-state index contributed by atoms with van der Waals surface area (Å²) < 4.78 is 2.33. The first-order valence-electron chi connectivity index (χ1n) is 8.09. The highest BCUT2D eigenvalue weighted by Gasteiger charge is 2.25. The number of hydrogen-bond acceptors (Lipinski definition) is 4. The van der Waals surface area contributed by atoms with Crippen LogP contribution in [0.5, 0.6) is 0 Å². The van der Waals surface area contributed by atoms with E-state index in [1.54, 1.807) is 22.5 Å². The van der Waals surface area contributed by atoms with Crippen molar-refractivity contribution in [2.24, 2.45) is 0 Å². The number of hydrogen-bond donors (Lipinski definition) is 2. The van der Waals surface area contributed by atoms with E-state index in [0.29, 0.717) is 17.9 Å². The molecule has 0 spiro atoms. The number of benzene rings is 1. The molecule has 0 saturated carbocycles. The lowest BCUT2D eigenvalue weighted by molar-refractivity contribution is -0.121. The quantitative estimate of drug-likeness (QED) is 0.749. The molecule has 0 aliphatic carbocycles. The molecule has 2 aromatic rings. The van der Waals surface area contributed by atoms with Crippen LogP contribution >= 0.6 is 27.7 Å². The number of rotatable bonds is 6. The van der Waals surface area contributed by atoms with Crippen LogP contribution in [0.1, 0.15) is 35.0 Å². The van der Waals surface area contributed by atoms with Crippen molar-refractivity contribution >= 4 is 45.3 Å². The molecule has 1 aromatic carbocycles. The molecule has 0 saturated heterocycles. The van der Waals surface area contributed by atoms with Crippen LogP contribution in [-0.4, -0.2) is 28.1 Å². The van der Waals surface area contributed by atoms with Crippen molar-refractivity contribution in [2.75, 3.05) is 11.9 Å². The molecule has 2 N–H and O–H groups in total. The molecule has 2 amide bonds. The minimum absolute atomic E-state index is 0.100. The lowest BCUT2D eigenvalue weighted by Gasteiger charge is -2.12. The number of halogens is 1. The van der Waals surface area contributed by atoms with Gasteiger partial charge in [-0.15, -0.1) is 0 Å².